The van der Waals surface area contributed by atoms with E-state index in [0.717, 1.165) is 19.6 Å². The quantitative estimate of drug-likeness (QED) is 0.876. The molecule has 21 heavy (non-hydrogen) atoms. The molecule has 3 rings (SSSR count). The number of rotatable bonds is 6. The highest BCUT2D eigenvalue weighted by Crippen LogP contribution is 2.53. The van der Waals surface area contributed by atoms with Crippen LogP contribution in [0.1, 0.15) is 51.0 Å². The molecule has 2 fully saturated rings. The van der Waals surface area contributed by atoms with Crippen LogP contribution in [0.4, 0.5) is 0 Å². The van der Waals surface area contributed by atoms with Gasteiger partial charge in [0, 0.05) is 31.3 Å². The van der Waals surface area contributed by atoms with E-state index in [-0.39, 0.29) is 0 Å². The lowest BCUT2D eigenvalue weighted by atomic mass is 9.55. The average molecular weight is 291 g/mol. The van der Waals surface area contributed by atoms with Gasteiger partial charge >= 0.3 is 0 Å². The van der Waals surface area contributed by atoms with E-state index >= 15 is 0 Å². The topological polar surface area (TPSA) is 39.1 Å². The number of aromatic nitrogens is 2. The molecule has 0 radical (unpaired) electrons. The minimum atomic E-state index is 0.434. The first kappa shape index (κ1) is 15.0. The molecule has 1 heterocycles. The van der Waals surface area contributed by atoms with Crippen molar-refractivity contribution in [1.82, 2.24) is 15.1 Å². The number of ether oxygens (including phenoxy) is 1. The van der Waals surface area contributed by atoms with Crippen LogP contribution in [0.5, 0.6) is 0 Å². The lowest BCUT2D eigenvalue weighted by Crippen LogP contribution is -2.64. The summed E-state index contributed by atoms with van der Waals surface area (Å²) >= 11 is 0. The van der Waals surface area contributed by atoms with Crippen molar-refractivity contribution in [3.05, 3.63) is 18.0 Å². The van der Waals surface area contributed by atoms with E-state index in [0.29, 0.717) is 17.6 Å². The summed E-state index contributed by atoms with van der Waals surface area (Å²) in [5.74, 6) is 0. The highest BCUT2D eigenvalue weighted by Gasteiger charge is 2.55. The van der Waals surface area contributed by atoms with Gasteiger partial charge in [-0.25, -0.2) is 0 Å². The van der Waals surface area contributed by atoms with Crippen molar-refractivity contribution in [2.24, 2.45) is 12.5 Å². The molecule has 0 saturated heterocycles. The smallest absolute Gasteiger partial charge is 0.0661 e. The Hall–Kier alpha value is -0.870. The molecular weight excluding hydrogens is 262 g/mol. The van der Waals surface area contributed by atoms with Crippen molar-refractivity contribution in [3.8, 4) is 0 Å². The van der Waals surface area contributed by atoms with E-state index in [1.54, 1.807) is 0 Å². The molecule has 0 amide bonds. The van der Waals surface area contributed by atoms with Crippen LogP contribution in [0.3, 0.4) is 0 Å². The van der Waals surface area contributed by atoms with Crippen LogP contribution in [0, 0.1) is 5.41 Å². The van der Waals surface area contributed by atoms with Gasteiger partial charge in [0.25, 0.3) is 0 Å². The molecular formula is C17H29N3O. The molecule has 0 aromatic carbocycles. The molecule has 1 N–H and O–H groups in total. The van der Waals surface area contributed by atoms with E-state index in [4.69, 9.17) is 4.74 Å². The predicted molar refractivity (Wildman–Crippen MR) is 84.3 cm³/mol. The largest absolute Gasteiger partial charge is 0.378 e. The fourth-order valence-corrected chi connectivity index (χ4v) is 4.34. The summed E-state index contributed by atoms with van der Waals surface area (Å²) in [6.07, 6.45) is 13.7. The molecule has 4 nitrogen and oxygen atoms in total. The predicted octanol–water partition coefficient (Wildman–Crippen LogP) is 2.68. The van der Waals surface area contributed by atoms with Crippen molar-refractivity contribution in [1.29, 1.82) is 0 Å². The van der Waals surface area contributed by atoms with Crippen molar-refractivity contribution in [2.75, 3.05) is 13.2 Å². The summed E-state index contributed by atoms with van der Waals surface area (Å²) in [5.41, 5.74) is 1.76. The molecule has 2 unspecified atom stereocenters. The zero-order valence-corrected chi connectivity index (χ0v) is 13.5. The number of nitrogens with one attached hydrogen (secondary N) is 1. The summed E-state index contributed by atoms with van der Waals surface area (Å²) in [6, 6.07) is 0.658. The van der Waals surface area contributed by atoms with Crippen LogP contribution in [-0.2, 0) is 18.2 Å². The highest BCUT2D eigenvalue weighted by atomic mass is 16.5. The Labute approximate surface area is 128 Å². The zero-order valence-electron chi connectivity index (χ0n) is 13.5. The van der Waals surface area contributed by atoms with Gasteiger partial charge in [-0.15, -0.1) is 0 Å². The number of aryl methyl sites for hydroxylation is 1. The molecule has 4 heteroatoms. The fourth-order valence-electron chi connectivity index (χ4n) is 4.34. The SMILES string of the molecule is CCOC1CC(NCCc2cnn(C)c2)C12CCCCC2. The van der Waals surface area contributed by atoms with Crippen molar-refractivity contribution < 1.29 is 4.74 Å². The van der Waals surface area contributed by atoms with Gasteiger partial charge in [0.15, 0.2) is 0 Å². The third kappa shape index (κ3) is 3.02. The van der Waals surface area contributed by atoms with E-state index in [9.17, 15) is 0 Å². The monoisotopic (exact) mass is 291 g/mol. The van der Waals surface area contributed by atoms with Crippen molar-refractivity contribution >= 4 is 0 Å². The summed E-state index contributed by atoms with van der Waals surface area (Å²) in [5, 5.41) is 8.05. The Morgan fingerprint density at radius 3 is 2.86 bits per heavy atom. The molecule has 2 atom stereocenters. The third-order valence-electron chi connectivity index (χ3n) is 5.50. The zero-order chi connectivity index (χ0) is 14.7. The first-order valence-corrected chi connectivity index (χ1v) is 8.57. The number of nitrogens with zero attached hydrogens (tertiary/aromatic N) is 2. The summed E-state index contributed by atoms with van der Waals surface area (Å²) in [4.78, 5) is 0. The normalized spacial score (nSPS) is 27.7. The van der Waals surface area contributed by atoms with Crippen molar-refractivity contribution in [2.45, 2.75) is 64.0 Å². The van der Waals surface area contributed by atoms with Gasteiger partial charge in [-0.05, 0) is 44.7 Å². The van der Waals surface area contributed by atoms with Crippen LogP contribution in [0.25, 0.3) is 0 Å². The third-order valence-corrected chi connectivity index (χ3v) is 5.50. The highest BCUT2D eigenvalue weighted by molar-refractivity contribution is 5.10. The minimum Gasteiger partial charge on any atom is -0.378 e. The standard InChI is InChI=1S/C17H29N3O/c1-3-21-16-11-15(17(16)8-5-4-6-9-17)18-10-7-14-12-19-20(2)13-14/h12-13,15-16,18H,3-11H2,1-2H3. The molecule has 2 aliphatic rings. The molecule has 1 spiro atoms. The Kier molecular flexibility index (Phi) is 4.65. The fraction of sp³-hybridized carbons (Fsp3) is 0.824. The second-order valence-electron chi connectivity index (χ2n) is 6.75. The van der Waals surface area contributed by atoms with Crippen LogP contribution in [0.2, 0.25) is 0 Å². The first-order valence-electron chi connectivity index (χ1n) is 8.57. The lowest BCUT2D eigenvalue weighted by Gasteiger charge is -2.58. The second-order valence-corrected chi connectivity index (χ2v) is 6.75. The van der Waals surface area contributed by atoms with Gasteiger partial charge in [0.05, 0.1) is 12.3 Å². The van der Waals surface area contributed by atoms with Gasteiger partial charge in [-0.1, -0.05) is 19.3 Å². The summed E-state index contributed by atoms with van der Waals surface area (Å²) in [7, 11) is 1.98. The van der Waals surface area contributed by atoms with E-state index in [1.165, 1.54) is 44.1 Å². The second kappa shape index (κ2) is 6.49. The number of hydrogen-bond donors (Lipinski definition) is 1. The van der Waals surface area contributed by atoms with Crippen LogP contribution < -0.4 is 5.32 Å². The maximum Gasteiger partial charge on any atom is 0.0661 e. The molecule has 118 valence electrons. The van der Waals surface area contributed by atoms with E-state index < -0.39 is 0 Å². The van der Waals surface area contributed by atoms with Gasteiger partial charge in [-0.3, -0.25) is 4.68 Å². The van der Waals surface area contributed by atoms with Gasteiger partial charge in [-0.2, -0.15) is 5.10 Å². The van der Waals surface area contributed by atoms with Crippen molar-refractivity contribution in [3.63, 3.8) is 0 Å². The molecule has 1 aromatic heterocycles. The summed E-state index contributed by atoms with van der Waals surface area (Å²) < 4.78 is 7.90. The molecule has 0 bridgehead atoms. The maximum atomic E-state index is 6.02. The molecule has 2 saturated carbocycles. The first-order chi connectivity index (χ1) is 10.2. The van der Waals surface area contributed by atoms with Gasteiger partial charge < -0.3 is 10.1 Å². The lowest BCUT2D eigenvalue weighted by molar-refractivity contribution is -0.149. The minimum absolute atomic E-state index is 0.434. The van der Waals surface area contributed by atoms with Gasteiger partial charge in [0.1, 0.15) is 0 Å². The Morgan fingerprint density at radius 2 is 2.19 bits per heavy atom. The Morgan fingerprint density at radius 1 is 1.38 bits per heavy atom. The Bertz CT molecular complexity index is 451. The summed E-state index contributed by atoms with van der Waals surface area (Å²) in [6.45, 7) is 4.03. The molecule has 1 aromatic rings. The van der Waals surface area contributed by atoms with E-state index in [1.807, 2.05) is 17.9 Å². The van der Waals surface area contributed by atoms with Gasteiger partial charge in [0.2, 0.25) is 0 Å². The Balaban J connectivity index is 1.52. The van der Waals surface area contributed by atoms with Crippen LogP contribution in [0.15, 0.2) is 12.4 Å². The van der Waals surface area contributed by atoms with E-state index in [2.05, 4.69) is 23.5 Å². The maximum absolute atomic E-state index is 6.02. The number of hydrogen-bond acceptors (Lipinski definition) is 3. The average Bonchev–Trinajstić information content (AvgIpc) is 2.92. The molecule has 0 aliphatic heterocycles. The van der Waals surface area contributed by atoms with Crippen LogP contribution in [-0.4, -0.2) is 35.1 Å². The van der Waals surface area contributed by atoms with Crippen LogP contribution >= 0.6 is 0 Å². The molecule has 2 aliphatic carbocycles.